The topological polar surface area (TPSA) is 54.9 Å². The molecule has 2 rings (SSSR count). The summed E-state index contributed by atoms with van der Waals surface area (Å²) < 4.78 is 0.588. The van der Waals surface area contributed by atoms with Crippen LogP contribution in [0.25, 0.3) is 0 Å². The first kappa shape index (κ1) is 13.3. The fourth-order valence-electron chi connectivity index (χ4n) is 1.25. The van der Waals surface area contributed by atoms with E-state index in [1.54, 1.807) is 24.3 Å². The monoisotopic (exact) mass is 345 g/mol. The van der Waals surface area contributed by atoms with Crippen LogP contribution in [-0.2, 0) is 0 Å². The molecule has 7 heteroatoms. The number of pyridine rings is 2. The van der Waals surface area contributed by atoms with Crippen molar-refractivity contribution in [3.05, 3.63) is 50.9 Å². The fourth-order valence-corrected chi connectivity index (χ4v) is 2.07. The number of rotatable bonds is 2. The summed E-state index contributed by atoms with van der Waals surface area (Å²) in [5.74, 6) is -0.390. The third-order valence-corrected chi connectivity index (χ3v) is 3.10. The number of halogens is 3. The van der Waals surface area contributed by atoms with Crippen LogP contribution in [0.5, 0.6) is 0 Å². The third kappa shape index (κ3) is 2.98. The number of aromatic nitrogens is 2. The number of nitrogens with zero attached hydrogens (tertiary/aromatic N) is 2. The van der Waals surface area contributed by atoms with Crippen LogP contribution in [0.15, 0.2) is 35.1 Å². The van der Waals surface area contributed by atoms with Crippen molar-refractivity contribution in [1.82, 2.24) is 9.97 Å². The van der Waals surface area contributed by atoms with Gasteiger partial charge in [0.05, 0.1) is 11.3 Å². The van der Waals surface area contributed by atoms with E-state index in [-0.39, 0.29) is 21.8 Å². The van der Waals surface area contributed by atoms with Gasteiger partial charge in [-0.2, -0.15) is 0 Å². The molecule has 0 aliphatic heterocycles. The van der Waals surface area contributed by atoms with Gasteiger partial charge in [-0.05, 0) is 40.2 Å². The maximum atomic E-state index is 11.9. The smallest absolute Gasteiger partial charge is 0.258 e. The summed E-state index contributed by atoms with van der Waals surface area (Å²) in [6.07, 6.45) is 1.51. The second-order valence-electron chi connectivity index (χ2n) is 3.27. The van der Waals surface area contributed by atoms with Crippen LogP contribution < -0.4 is 5.32 Å². The van der Waals surface area contributed by atoms with Crippen LogP contribution in [-0.4, -0.2) is 15.9 Å². The standard InChI is InChI=1S/C11H6BrCl2N3O/c12-8-4-3-7(10(14)17-8)16-11(18)6-2-1-5-15-9(6)13/h1-5H,(H,16,18). The number of hydrogen-bond donors (Lipinski definition) is 1. The summed E-state index contributed by atoms with van der Waals surface area (Å²) in [7, 11) is 0. The fraction of sp³-hybridized carbons (Fsp3) is 0. The van der Waals surface area contributed by atoms with Crippen LogP contribution in [0.1, 0.15) is 10.4 Å². The lowest BCUT2D eigenvalue weighted by Crippen LogP contribution is -2.13. The lowest BCUT2D eigenvalue weighted by atomic mass is 10.2. The molecule has 0 aromatic carbocycles. The Labute approximate surface area is 121 Å². The van der Waals surface area contributed by atoms with Gasteiger partial charge < -0.3 is 5.32 Å². The zero-order chi connectivity index (χ0) is 13.1. The molecule has 1 N–H and O–H groups in total. The molecule has 0 saturated heterocycles. The van der Waals surface area contributed by atoms with Crippen molar-refractivity contribution in [2.75, 3.05) is 5.32 Å². The van der Waals surface area contributed by atoms with Gasteiger partial charge in [-0.3, -0.25) is 4.79 Å². The molecular formula is C11H6BrCl2N3O. The number of nitrogens with one attached hydrogen (secondary N) is 1. The van der Waals surface area contributed by atoms with Gasteiger partial charge in [0.1, 0.15) is 9.76 Å². The van der Waals surface area contributed by atoms with Crippen molar-refractivity contribution in [1.29, 1.82) is 0 Å². The van der Waals surface area contributed by atoms with Gasteiger partial charge in [0, 0.05) is 6.20 Å². The molecule has 92 valence electrons. The molecular weight excluding hydrogens is 341 g/mol. The van der Waals surface area contributed by atoms with E-state index in [2.05, 4.69) is 31.2 Å². The molecule has 0 saturated carbocycles. The summed E-state index contributed by atoms with van der Waals surface area (Å²) in [6.45, 7) is 0. The average molecular weight is 347 g/mol. The van der Waals surface area contributed by atoms with Crippen molar-refractivity contribution >= 4 is 50.7 Å². The Morgan fingerprint density at radius 2 is 2.00 bits per heavy atom. The van der Waals surface area contributed by atoms with E-state index < -0.39 is 0 Å². The molecule has 0 atom stereocenters. The number of hydrogen-bond acceptors (Lipinski definition) is 3. The molecule has 0 spiro atoms. The van der Waals surface area contributed by atoms with Gasteiger partial charge in [-0.15, -0.1) is 0 Å². The highest BCUT2D eigenvalue weighted by atomic mass is 79.9. The van der Waals surface area contributed by atoms with Gasteiger partial charge in [0.2, 0.25) is 0 Å². The molecule has 0 unspecified atom stereocenters. The second-order valence-corrected chi connectivity index (χ2v) is 4.80. The Hall–Kier alpha value is -1.17. The minimum atomic E-state index is -0.390. The average Bonchev–Trinajstić information content (AvgIpc) is 2.33. The molecule has 1 amide bonds. The Kier molecular flexibility index (Phi) is 4.16. The lowest BCUT2D eigenvalue weighted by molar-refractivity contribution is 0.102. The molecule has 2 heterocycles. The minimum Gasteiger partial charge on any atom is -0.319 e. The molecule has 18 heavy (non-hydrogen) atoms. The summed E-state index contributed by atoms with van der Waals surface area (Å²) in [4.78, 5) is 19.7. The van der Waals surface area contributed by atoms with Crippen molar-refractivity contribution in [2.24, 2.45) is 0 Å². The number of carbonyl (C=O) groups excluding carboxylic acids is 1. The number of anilines is 1. The third-order valence-electron chi connectivity index (χ3n) is 2.07. The number of amides is 1. The van der Waals surface area contributed by atoms with E-state index in [0.717, 1.165) is 0 Å². The van der Waals surface area contributed by atoms with Gasteiger partial charge in [-0.25, -0.2) is 9.97 Å². The zero-order valence-electron chi connectivity index (χ0n) is 8.82. The van der Waals surface area contributed by atoms with Crippen molar-refractivity contribution in [2.45, 2.75) is 0 Å². The summed E-state index contributed by atoms with van der Waals surface area (Å²) in [5.41, 5.74) is 0.683. The highest BCUT2D eigenvalue weighted by molar-refractivity contribution is 9.10. The highest BCUT2D eigenvalue weighted by Crippen LogP contribution is 2.23. The van der Waals surface area contributed by atoms with Gasteiger partial charge >= 0.3 is 0 Å². The van der Waals surface area contributed by atoms with Crippen molar-refractivity contribution in [3.63, 3.8) is 0 Å². The zero-order valence-corrected chi connectivity index (χ0v) is 11.9. The predicted molar refractivity (Wildman–Crippen MR) is 74.1 cm³/mol. The van der Waals surface area contributed by atoms with Crippen LogP contribution in [0, 0.1) is 0 Å². The van der Waals surface area contributed by atoms with E-state index in [9.17, 15) is 4.79 Å². The van der Waals surface area contributed by atoms with Crippen LogP contribution in [0.2, 0.25) is 10.3 Å². The molecule has 4 nitrogen and oxygen atoms in total. The molecule has 0 fully saturated rings. The molecule has 0 aliphatic rings. The SMILES string of the molecule is O=C(Nc1ccc(Br)nc1Cl)c1cccnc1Cl. The molecule has 0 bridgehead atoms. The number of carbonyl (C=O) groups is 1. The largest absolute Gasteiger partial charge is 0.319 e. The Morgan fingerprint density at radius 1 is 1.22 bits per heavy atom. The van der Waals surface area contributed by atoms with Crippen LogP contribution >= 0.6 is 39.1 Å². The van der Waals surface area contributed by atoms with E-state index >= 15 is 0 Å². The maximum absolute atomic E-state index is 11.9. The quantitative estimate of drug-likeness (QED) is 0.841. The van der Waals surface area contributed by atoms with Gasteiger partial charge in [0.25, 0.3) is 5.91 Å². The Balaban J connectivity index is 2.24. The molecule has 2 aromatic rings. The van der Waals surface area contributed by atoms with Crippen LogP contribution in [0.4, 0.5) is 5.69 Å². The summed E-state index contributed by atoms with van der Waals surface area (Å²) in [5, 5.41) is 2.94. The van der Waals surface area contributed by atoms with Gasteiger partial charge in [-0.1, -0.05) is 23.2 Å². The summed E-state index contributed by atoms with van der Waals surface area (Å²) >= 11 is 14.9. The first-order valence-electron chi connectivity index (χ1n) is 4.82. The van der Waals surface area contributed by atoms with E-state index in [1.165, 1.54) is 6.20 Å². The normalized spacial score (nSPS) is 10.2. The Morgan fingerprint density at radius 3 is 2.67 bits per heavy atom. The molecule has 0 radical (unpaired) electrons. The van der Waals surface area contributed by atoms with E-state index in [0.29, 0.717) is 10.3 Å². The molecule has 0 aliphatic carbocycles. The van der Waals surface area contributed by atoms with Crippen molar-refractivity contribution in [3.8, 4) is 0 Å². The lowest BCUT2D eigenvalue weighted by Gasteiger charge is -2.07. The van der Waals surface area contributed by atoms with E-state index in [1.807, 2.05) is 0 Å². The maximum Gasteiger partial charge on any atom is 0.258 e. The first-order chi connectivity index (χ1) is 8.58. The summed E-state index contributed by atoms with van der Waals surface area (Å²) in [6, 6.07) is 6.51. The second kappa shape index (κ2) is 5.65. The minimum absolute atomic E-state index is 0.135. The predicted octanol–water partition coefficient (Wildman–Crippen LogP) is 3.80. The van der Waals surface area contributed by atoms with E-state index in [4.69, 9.17) is 23.2 Å². The van der Waals surface area contributed by atoms with Gasteiger partial charge in [0.15, 0.2) is 5.15 Å². The van der Waals surface area contributed by atoms with Crippen LogP contribution in [0.3, 0.4) is 0 Å². The molecule has 2 aromatic heterocycles. The first-order valence-corrected chi connectivity index (χ1v) is 6.37. The Bertz CT molecular complexity index is 607. The van der Waals surface area contributed by atoms with Crippen molar-refractivity contribution < 1.29 is 4.79 Å². The highest BCUT2D eigenvalue weighted by Gasteiger charge is 2.12.